The van der Waals surface area contributed by atoms with Gasteiger partial charge in [-0.3, -0.25) is 4.79 Å². The Morgan fingerprint density at radius 3 is 2.67 bits per heavy atom. The second-order valence-electron chi connectivity index (χ2n) is 5.50. The van der Waals surface area contributed by atoms with Crippen molar-refractivity contribution in [2.24, 2.45) is 5.41 Å². The second kappa shape index (κ2) is 6.83. The van der Waals surface area contributed by atoms with Gasteiger partial charge in [-0.15, -0.1) is 0 Å². The SMILES string of the molecule is CCC(CC)(CO)CNCc1nc2ccccc2c(=O)[nH]1. The molecule has 0 aliphatic carbocycles. The third-order valence-corrected chi connectivity index (χ3v) is 4.29. The van der Waals surface area contributed by atoms with Crippen molar-refractivity contribution >= 4 is 10.9 Å². The van der Waals surface area contributed by atoms with Crippen LogP contribution in [0.5, 0.6) is 0 Å². The van der Waals surface area contributed by atoms with Crippen molar-refractivity contribution in [1.29, 1.82) is 0 Å². The molecule has 0 bridgehead atoms. The molecule has 0 aliphatic heterocycles. The van der Waals surface area contributed by atoms with Crippen LogP contribution in [-0.2, 0) is 6.54 Å². The van der Waals surface area contributed by atoms with Crippen LogP contribution in [0.25, 0.3) is 10.9 Å². The Bertz CT molecular complexity index is 639. The number of H-pyrrole nitrogens is 1. The minimum atomic E-state index is -0.114. The standard InChI is InChI=1S/C16H23N3O2/c1-3-16(4-2,11-20)10-17-9-14-18-13-8-6-5-7-12(13)15(21)19-14/h5-8,17,20H,3-4,9-11H2,1-2H3,(H,18,19,21). The van der Waals surface area contributed by atoms with E-state index in [9.17, 15) is 9.90 Å². The maximum Gasteiger partial charge on any atom is 0.258 e. The summed E-state index contributed by atoms with van der Waals surface area (Å²) in [7, 11) is 0. The largest absolute Gasteiger partial charge is 0.396 e. The Labute approximate surface area is 124 Å². The monoisotopic (exact) mass is 289 g/mol. The highest BCUT2D eigenvalue weighted by atomic mass is 16.3. The van der Waals surface area contributed by atoms with E-state index < -0.39 is 0 Å². The second-order valence-corrected chi connectivity index (χ2v) is 5.50. The highest BCUT2D eigenvalue weighted by molar-refractivity contribution is 5.77. The van der Waals surface area contributed by atoms with Crippen molar-refractivity contribution in [3.63, 3.8) is 0 Å². The molecule has 0 fully saturated rings. The molecule has 1 aromatic heterocycles. The molecule has 0 aliphatic rings. The van der Waals surface area contributed by atoms with E-state index in [4.69, 9.17) is 0 Å². The number of fused-ring (bicyclic) bond motifs is 1. The van der Waals surface area contributed by atoms with Crippen molar-refractivity contribution in [1.82, 2.24) is 15.3 Å². The van der Waals surface area contributed by atoms with Crippen LogP contribution >= 0.6 is 0 Å². The predicted molar refractivity (Wildman–Crippen MR) is 84.2 cm³/mol. The highest BCUT2D eigenvalue weighted by Crippen LogP contribution is 2.24. The minimum Gasteiger partial charge on any atom is -0.396 e. The van der Waals surface area contributed by atoms with Crippen LogP contribution in [0.15, 0.2) is 29.1 Å². The van der Waals surface area contributed by atoms with E-state index in [1.165, 1.54) is 0 Å². The van der Waals surface area contributed by atoms with Gasteiger partial charge >= 0.3 is 0 Å². The van der Waals surface area contributed by atoms with Gasteiger partial charge in [0.1, 0.15) is 5.82 Å². The Balaban J connectivity index is 2.09. The third kappa shape index (κ3) is 3.49. The molecule has 0 spiro atoms. The number of hydrogen-bond donors (Lipinski definition) is 3. The van der Waals surface area contributed by atoms with Crippen LogP contribution < -0.4 is 10.9 Å². The van der Waals surface area contributed by atoms with E-state index in [0.29, 0.717) is 29.8 Å². The molecule has 5 nitrogen and oxygen atoms in total. The minimum absolute atomic E-state index is 0.100. The lowest BCUT2D eigenvalue weighted by molar-refractivity contribution is 0.113. The summed E-state index contributed by atoms with van der Waals surface area (Å²) in [5.41, 5.74) is 0.492. The zero-order valence-corrected chi connectivity index (χ0v) is 12.6. The Hall–Kier alpha value is -1.72. The summed E-state index contributed by atoms with van der Waals surface area (Å²) in [4.78, 5) is 19.2. The van der Waals surface area contributed by atoms with Crippen LogP contribution in [0, 0.1) is 5.41 Å². The first-order chi connectivity index (χ1) is 10.1. The Morgan fingerprint density at radius 2 is 2.00 bits per heavy atom. The smallest absolute Gasteiger partial charge is 0.258 e. The summed E-state index contributed by atoms with van der Waals surface area (Å²) in [6.45, 7) is 5.51. The molecular formula is C16H23N3O2. The fourth-order valence-corrected chi connectivity index (χ4v) is 2.44. The van der Waals surface area contributed by atoms with Crippen LogP contribution in [0.4, 0.5) is 0 Å². The molecule has 114 valence electrons. The van der Waals surface area contributed by atoms with Crippen LogP contribution in [0.2, 0.25) is 0 Å². The number of para-hydroxylation sites is 1. The first-order valence-corrected chi connectivity index (χ1v) is 7.43. The molecule has 3 N–H and O–H groups in total. The van der Waals surface area contributed by atoms with E-state index in [1.807, 2.05) is 18.2 Å². The molecule has 1 heterocycles. The van der Waals surface area contributed by atoms with Gasteiger partial charge in [0.05, 0.1) is 17.4 Å². The zero-order valence-electron chi connectivity index (χ0n) is 12.6. The van der Waals surface area contributed by atoms with E-state index in [0.717, 1.165) is 12.8 Å². The number of aromatic nitrogens is 2. The van der Waals surface area contributed by atoms with Crippen LogP contribution in [0.1, 0.15) is 32.5 Å². The van der Waals surface area contributed by atoms with Gasteiger partial charge in [0.2, 0.25) is 0 Å². The zero-order chi connectivity index (χ0) is 15.3. The quantitative estimate of drug-likeness (QED) is 0.726. The molecule has 0 atom stereocenters. The molecule has 21 heavy (non-hydrogen) atoms. The summed E-state index contributed by atoms with van der Waals surface area (Å²) in [6, 6.07) is 7.31. The molecule has 0 saturated carbocycles. The van der Waals surface area contributed by atoms with Gasteiger partial charge < -0.3 is 15.4 Å². The van der Waals surface area contributed by atoms with E-state index in [2.05, 4.69) is 29.1 Å². The number of nitrogens with zero attached hydrogens (tertiary/aromatic N) is 1. The number of aromatic amines is 1. The molecule has 0 radical (unpaired) electrons. The molecule has 0 unspecified atom stereocenters. The fourth-order valence-electron chi connectivity index (χ4n) is 2.44. The summed E-state index contributed by atoms with van der Waals surface area (Å²) >= 11 is 0. The number of aliphatic hydroxyl groups excluding tert-OH is 1. The maximum atomic E-state index is 12.0. The van der Waals surface area contributed by atoms with Gasteiger partial charge in [0.15, 0.2) is 0 Å². The summed E-state index contributed by atoms with van der Waals surface area (Å²) < 4.78 is 0. The lowest BCUT2D eigenvalue weighted by Crippen LogP contribution is -2.36. The van der Waals surface area contributed by atoms with E-state index in [-0.39, 0.29) is 17.6 Å². The fraction of sp³-hybridized carbons (Fsp3) is 0.500. The van der Waals surface area contributed by atoms with Crippen molar-refractivity contribution in [2.45, 2.75) is 33.2 Å². The van der Waals surface area contributed by atoms with Crippen molar-refractivity contribution in [2.75, 3.05) is 13.2 Å². The molecule has 0 amide bonds. The van der Waals surface area contributed by atoms with Gasteiger partial charge in [-0.1, -0.05) is 26.0 Å². The highest BCUT2D eigenvalue weighted by Gasteiger charge is 2.24. The number of aliphatic hydroxyl groups is 1. The van der Waals surface area contributed by atoms with Gasteiger partial charge in [-0.25, -0.2) is 4.98 Å². The summed E-state index contributed by atoms with van der Waals surface area (Å²) in [5, 5.41) is 13.4. The lowest BCUT2D eigenvalue weighted by atomic mass is 9.83. The van der Waals surface area contributed by atoms with E-state index in [1.54, 1.807) is 6.07 Å². The van der Waals surface area contributed by atoms with Crippen molar-refractivity contribution < 1.29 is 5.11 Å². The number of nitrogens with one attached hydrogen (secondary N) is 2. The molecule has 2 aromatic rings. The van der Waals surface area contributed by atoms with E-state index >= 15 is 0 Å². The predicted octanol–water partition coefficient (Wildman–Crippen LogP) is 1.81. The maximum absolute atomic E-state index is 12.0. The molecule has 0 saturated heterocycles. The Kier molecular flexibility index (Phi) is 5.09. The number of benzene rings is 1. The number of hydrogen-bond acceptors (Lipinski definition) is 4. The lowest BCUT2D eigenvalue weighted by Gasteiger charge is -2.29. The van der Waals surface area contributed by atoms with Crippen LogP contribution in [0.3, 0.4) is 0 Å². The Morgan fingerprint density at radius 1 is 1.29 bits per heavy atom. The van der Waals surface area contributed by atoms with Gasteiger partial charge in [0, 0.05) is 18.6 Å². The van der Waals surface area contributed by atoms with Crippen LogP contribution in [-0.4, -0.2) is 28.2 Å². The average molecular weight is 289 g/mol. The average Bonchev–Trinajstić information content (AvgIpc) is 2.52. The first kappa shape index (κ1) is 15.7. The molecule has 5 heteroatoms. The summed E-state index contributed by atoms with van der Waals surface area (Å²) in [5.74, 6) is 0.623. The summed E-state index contributed by atoms with van der Waals surface area (Å²) in [6.07, 6.45) is 1.82. The topological polar surface area (TPSA) is 78.0 Å². The van der Waals surface area contributed by atoms with Gasteiger partial charge in [0.25, 0.3) is 5.56 Å². The third-order valence-electron chi connectivity index (χ3n) is 4.29. The van der Waals surface area contributed by atoms with Gasteiger partial charge in [-0.2, -0.15) is 0 Å². The molecular weight excluding hydrogens is 266 g/mol. The number of rotatable bonds is 7. The molecule has 2 rings (SSSR count). The first-order valence-electron chi connectivity index (χ1n) is 7.43. The molecule has 1 aromatic carbocycles. The van der Waals surface area contributed by atoms with Crippen molar-refractivity contribution in [3.05, 3.63) is 40.4 Å². The normalized spacial score (nSPS) is 12.0. The van der Waals surface area contributed by atoms with Crippen molar-refractivity contribution in [3.8, 4) is 0 Å². The van der Waals surface area contributed by atoms with Gasteiger partial charge in [-0.05, 0) is 25.0 Å².